The molecule has 0 spiro atoms. The van der Waals surface area contributed by atoms with Crippen molar-refractivity contribution in [3.63, 3.8) is 0 Å². The number of aryl methyl sites for hydroxylation is 1. The highest BCUT2D eigenvalue weighted by molar-refractivity contribution is 6.08. The number of alkyl halides is 1. The average Bonchev–Trinajstić information content (AvgIpc) is 3.31. The van der Waals surface area contributed by atoms with Crippen molar-refractivity contribution in [2.45, 2.75) is 19.4 Å². The topological polar surface area (TPSA) is 101 Å². The molecule has 1 unspecified atom stereocenters. The minimum Gasteiger partial charge on any atom is -0.467 e. The van der Waals surface area contributed by atoms with E-state index in [4.69, 9.17) is 4.74 Å². The number of amidine groups is 1. The van der Waals surface area contributed by atoms with Crippen LogP contribution in [0.15, 0.2) is 78.2 Å². The molecule has 1 aliphatic heterocycles. The van der Waals surface area contributed by atoms with E-state index in [1.807, 2.05) is 29.8 Å². The minimum absolute atomic E-state index is 0.315. The average molecular weight is 480 g/mol. The molecule has 1 amide bonds. The lowest BCUT2D eigenvalue weighted by molar-refractivity contribution is -0.120. The van der Waals surface area contributed by atoms with Gasteiger partial charge in [0, 0.05) is 24.4 Å². The van der Waals surface area contributed by atoms with Crippen molar-refractivity contribution in [2.24, 2.45) is 4.99 Å². The van der Waals surface area contributed by atoms with Crippen LogP contribution in [-0.2, 0) is 4.79 Å². The van der Waals surface area contributed by atoms with E-state index in [9.17, 15) is 14.3 Å². The molecule has 1 aromatic heterocycles. The molecule has 3 N–H and O–H groups in total. The quantitative estimate of drug-likeness (QED) is 0.379. The van der Waals surface area contributed by atoms with Gasteiger partial charge in [0.05, 0.1) is 17.7 Å². The molecule has 1 atom stereocenters. The molecular weight excluding hydrogens is 449 g/mol. The lowest BCUT2D eigenvalue weighted by Crippen LogP contribution is -2.46. The van der Waals surface area contributed by atoms with E-state index in [1.54, 1.807) is 42.8 Å². The van der Waals surface area contributed by atoms with Crippen LogP contribution in [0, 0.1) is 6.92 Å². The predicted molar refractivity (Wildman–Crippen MR) is 135 cm³/mol. The van der Waals surface area contributed by atoms with Crippen molar-refractivity contribution < 1.29 is 19.0 Å². The smallest absolute Gasteiger partial charge is 0.247 e. The molecule has 0 bridgehead atoms. The zero-order valence-electron chi connectivity index (χ0n) is 19.7. The van der Waals surface area contributed by atoms with Crippen LogP contribution in [0.5, 0.6) is 5.75 Å². The van der Waals surface area contributed by atoms with Gasteiger partial charge in [-0.3, -0.25) is 9.79 Å². The number of aromatic nitrogens is 2. The summed E-state index contributed by atoms with van der Waals surface area (Å²) in [6, 6.07) is 4.86. The van der Waals surface area contributed by atoms with E-state index in [0.717, 1.165) is 17.8 Å². The first-order valence-electron chi connectivity index (χ1n) is 11.3. The van der Waals surface area contributed by atoms with E-state index in [2.05, 4.69) is 27.2 Å². The van der Waals surface area contributed by atoms with Crippen molar-refractivity contribution in [1.29, 1.82) is 0 Å². The van der Waals surface area contributed by atoms with Crippen LogP contribution in [0.1, 0.15) is 17.7 Å². The van der Waals surface area contributed by atoms with Crippen molar-refractivity contribution >= 4 is 17.8 Å². The zero-order valence-corrected chi connectivity index (χ0v) is 19.7. The summed E-state index contributed by atoms with van der Waals surface area (Å²) in [6.07, 6.45) is 13.9. The Hall–Kier alpha value is -3.82. The lowest BCUT2D eigenvalue weighted by atomic mass is 10.0. The van der Waals surface area contributed by atoms with Crippen LogP contribution >= 0.6 is 0 Å². The Morgan fingerprint density at radius 1 is 1.40 bits per heavy atom. The second-order valence-corrected chi connectivity index (χ2v) is 7.71. The Bertz CT molecular complexity index is 1150. The van der Waals surface area contributed by atoms with Gasteiger partial charge in [-0.2, -0.15) is 0 Å². The summed E-state index contributed by atoms with van der Waals surface area (Å²) in [4.78, 5) is 21.8. The number of hydrogen-bond acceptors (Lipinski definition) is 6. The molecule has 9 heteroatoms. The van der Waals surface area contributed by atoms with Gasteiger partial charge in [-0.1, -0.05) is 30.9 Å². The van der Waals surface area contributed by atoms with Crippen LogP contribution in [0.25, 0.3) is 11.8 Å². The molecule has 0 radical (unpaired) electrons. The number of ether oxygens (including phenoxy) is 1. The number of nitrogens with zero attached hydrogens (tertiary/aromatic N) is 3. The zero-order chi connectivity index (χ0) is 25.0. The first kappa shape index (κ1) is 25.8. The molecular formula is C26H30FN5O3. The van der Waals surface area contributed by atoms with Gasteiger partial charge < -0.3 is 25.0 Å². The number of aliphatic imine (C=N–C) groups is 1. The van der Waals surface area contributed by atoms with Crippen LogP contribution in [0.2, 0.25) is 0 Å². The first-order valence-corrected chi connectivity index (χ1v) is 11.3. The molecule has 8 nitrogen and oxygen atoms in total. The van der Waals surface area contributed by atoms with Gasteiger partial charge >= 0.3 is 0 Å². The largest absolute Gasteiger partial charge is 0.467 e. The predicted octanol–water partition coefficient (Wildman–Crippen LogP) is 3.04. The number of nitrogens with one attached hydrogen (secondary N) is 2. The van der Waals surface area contributed by atoms with Crippen LogP contribution < -0.4 is 15.4 Å². The first-order chi connectivity index (χ1) is 17.0. The van der Waals surface area contributed by atoms with E-state index in [1.165, 1.54) is 6.08 Å². The van der Waals surface area contributed by atoms with Crippen LogP contribution in [0.3, 0.4) is 0 Å². The summed E-state index contributed by atoms with van der Waals surface area (Å²) < 4.78 is 20.0. The Morgan fingerprint density at radius 2 is 2.26 bits per heavy atom. The Morgan fingerprint density at radius 3 is 2.97 bits per heavy atom. The van der Waals surface area contributed by atoms with Gasteiger partial charge in [0.15, 0.2) is 6.79 Å². The lowest BCUT2D eigenvalue weighted by Gasteiger charge is -2.18. The number of hydrogen-bond donors (Lipinski definition) is 3. The molecule has 2 heterocycles. The summed E-state index contributed by atoms with van der Waals surface area (Å²) >= 11 is 0. The minimum atomic E-state index is -0.682. The molecule has 0 fully saturated rings. The summed E-state index contributed by atoms with van der Waals surface area (Å²) in [7, 11) is 0. The van der Waals surface area contributed by atoms with Crippen LogP contribution in [-0.4, -0.2) is 59.0 Å². The van der Waals surface area contributed by atoms with Gasteiger partial charge in [-0.15, -0.1) is 0 Å². The highest BCUT2D eigenvalue weighted by atomic mass is 19.1. The molecule has 0 saturated carbocycles. The normalized spacial score (nSPS) is 17.6. The molecule has 0 saturated heterocycles. The van der Waals surface area contributed by atoms with Crippen molar-refractivity contribution in [1.82, 2.24) is 20.2 Å². The summed E-state index contributed by atoms with van der Waals surface area (Å²) in [5, 5.41) is 15.4. The third-order valence-corrected chi connectivity index (χ3v) is 5.17. The molecule has 184 valence electrons. The Kier molecular flexibility index (Phi) is 9.70. The maximum absolute atomic E-state index is 13.0. The SMILES string of the molecule is C=C/C=C(\C=C/CF)C1NCCCN=C(/C=C/c2ccc(-n3cnc(C)c3)cc2OCO)NC1=O. The summed E-state index contributed by atoms with van der Waals surface area (Å²) in [5.74, 6) is 0.541. The van der Waals surface area contributed by atoms with Crippen molar-refractivity contribution in [3.05, 3.63) is 84.5 Å². The number of carbonyl (C=O) groups excluding carboxylic acids is 1. The van der Waals surface area contributed by atoms with Crippen LogP contribution in [0.4, 0.5) is 4.39 Å². The third-order valence-electron chi connectivity index (χ3n) is 5.17. The molecule has 2 aromatic rings. The fraction of sp³-hybridized carbons (Fsp3) is 0.269. The summed E-state index contributed by atoms with van der Waals surface area (Å²) in [5.41, 5.74) is 3.01. The maximum atomic E-state index is 13.0. The molecule has 35 heavy (non-hydrogen) atoms. The highest BCUT2D eigenvalue weighted by Crippen LogP contribution is 2.24. The second kappa shape index (κ2) is 13.2. The number of imidazole rings is 1. The van der Waals surface area contributed by atoms with Gasteiger partial charge in [0.25, 0.3) is 0 Å². The van der Waals surface area contributed by atoms with E-state index < -0.39 is 19.5 Å². The number of aliphatic hydroxyl groups excluding tert-OH is 1. The molecule has 0 aliphatic carbocycles. The fourth-order valence-corrected chi connectivity index (χ4v) is 3.53. The number of rotatable bonds is 9. The fourth-order valence-electron chi connectivity index (χ4n) is 3.53. The number of aliphatic hydroxyl groups is 1. The van der Waals surface area contributed by atoms with Crippen molar-refractivity contribution in [2.75, 3.05) is 26.6 Å². The molecule has 1 aromatic carbocycles. The van der Waals surface area contributed by atoms with Gasteiger partial charge in [0.2, 0.25) is 5.91 Å². The third kappa shape index (κ3) is 7.33. The monoisotopic (exact) mass is 479 g/mol. The van der Waals surface area contributed by atoms with Crippen molar-refractivity contribution in [3.8, 4) is 11.4 Å². The number of benzene rings is 1. The van der Waals surface area contributed by atoms with E-state index >= 15 is 0 Å². The van der Waals surface area contributed by atoms with E-state index in [0.29, 0.717) is 35.8 Å². The Balaban J connectivity index is 1.84. The molecule has 1 aliphatic rings. The molecule has 3 rings (SSSR count). The number of allylic oxidation sites excluding steroid dienone is 3. The van der Waals surface area contributed by atoms with Gasteiger partial charge in [-0.05, 0) is 49.7 Å². The number of carbonyl (C=O) groups is 1. The Labute approximate surface area is 204 Å². The summed E-state index contributed by atoms with van der Waals surface area (Å²) in [6.45, 7) is 5.56. The highest BCUT2D eigenvalue weighted by Gasteiger charge is 2.22. The number of amides is 1. The standard InChI is InChI=1S/C26H30FN5O3/c1-3-6-21(7-4-12-27)25-26(34)31-24(28-13-5-14-29-25)11-9-20-8-10-22(15-23(20)35-18-33)32-16-19(2)30-17-32/h3-4,6-11,15-17,25,29,33H,1,5,12-14,18H2,2H3,(H,28,31,34)/b7-4-,11-9+,21-6+. The maximum Gasteiger partial charge on any atom is 0.247 e. The van der Waals surface area contributed by atoms with E-state index in [-0.39, 0.29) is 5.91 Å². The van der Waals surface area contributed by atoms with Gasteiger partial charge in [-0.25, -0.2) is 9.37 Å². The second-order valence-electron chi connectivity index (χ2n) is 7.71. The van der Waals surface area contributed by atoms with Gasteiger partial charge in [0.1, 0.15) is 24.3 Å². The number of halogens is 1.